The molecule has 3 rings (SSSR count). The van der Waals surface area contributed by atoms with E-state index in [9.17, 15) is 4.79 Å². The van der Waals surface area contributed by atoms with E-state index >= 15 is 0 Å². The van der Waals surface area contributed by atoms with Gasteiger partial charge in [0.05, 0.1) is 0 Å². The van der Waals surface area contributed by atoms with Crippen molar-refractivity contribution >= 4 is 17.0 Å². The van der Waals surface area contributed by atoms with Gasteiger partial charge in [-0.1, -0.05) is 34.9 Å². The fraction of sp³-hybridized carbons (Fsp3) is 0. The second-order valence-electron chi connectivity index (χ2n) is 4.12. The second-order valence-corrected chi connectivity index (χ2v) is 4.12. The van der Waals surface area contributed by atoms with Crippen molar-refractivity contribution in [2.45, 2.75) is 0 Å². The number of hydrogen-bond donors (Lipinski definition) is 0. The van der Waals surface area contributed by atoms with Crippen molar-refractivity contribution < 1.29 is 14.1 Å². The topological polar surface area (TPSA) is 30.2 Å². The summed E-state index contributed by atoms with van der Waals surface area (Å²) in [5.41, 5.74) is 0.825. The summed E-state index contributed by atoms with van der Waals surface area (Å²) < 4.78 is 6.83. The fourth-order valence-corrected chi connectivity index (χ4v) is 1.96. The van der Waals surface area contributed by atoms with Crippen LogP contribution in [0.1, 0.15) is 0 Å². The fourth-order valence-electron chi connectivity index (χ4n) is 1.96. The molecule has 3 aromatic rings. The summed E-state index contributed by atoms with van der Waals surface area (Å²) in [7, 11) is 0. The third-order valence-electron chi connectivity index (χ3n) is 2.85. The average Bonchev–Trinajstić information content (AvgIpc) is 2.47. The summed E-state index contributed by atoms with van der Waals surface area (Å²) in [6.45, 7) is 0. The lowest BCUT2D eigenvalue weighted by atomic mass is 10.2. The van der Waals surface area contributed by atoms with E-state index in [1.807, 2.05) is 54.6 Å². The van der Waals surface area contributed by atoms with E-state index in [2.05, 4.69) is 0 Å². The van der Waals surface area contributed by atoms with E-state index in [0.29, 0.717) is 5.75 Å². The third kappa shape index (κ3) is 2.31. The number of pyridine rings is 1. The summed E-state index contributed by atoms with van der Waals surface area (Å²) in [5.74, 6) is 0.535. The molecular formula is C16H12NO2+. The predicted octanol–water partition coefficient (Wildman–Crippen LogP) is 3.17. The van der Waals surface area contributed by atoms with Crippen LogP contribution >= 0.6 is 0 Å². The Labute approximate surface area is 110 Å². The Morgan fingerprint density at radius 1 is 0.842 bits per heavy atom. The minimum atomic E-state index is -0.414. The quantitative estimate of drug-likeness (QED) is 0.621. The molecule has 3 nitrogen and oxygen atoms in total. The number of fused-ring (bicyclic) bond motifs is 1. The molecule has 0 fully saturated rings. The molecular weight excluding hydrogens is 238 g/mol. The molecule has 0 amide bonds. The maximum Gasteiger partial charge on any atom is 0.608 e. The van der Waals surface area contributed by atoms with Crippen molar-refractivity contribution in [2.75, 3.05) is 0 Å². The molecule has 19 heavy (non-hydrogen) atoms. The Balaban J connectivity index is 1.98. The van der Waals surface area contributed by atoms with E-state index < -0.39 is 6.09 Å². The SMILES string of the molecule is O=C(Oc1ccccc1)[n+]1cccc2ccccc21. The van der Waals surface area contributed by atoms with Gasteiger partial charge in [0.2, 0.25) is 5.52 Å². The average molecular weight is 250 g/mol. The van der Waals surface area contributed by atoms with Crippen molar-refractivity contribution in [3.63, 3.8) is 0 Å². The van der Waals surface area contributed by atoms with Crippen LogP contribution < -0.4 is 9.30 Å². The standard InChI is InChI=1S/C16H12NO2/c18-16(19-14-9-2-1-3-10-14)17-12-6-8-13-7-4-5-11-15(13)17/h1-12H/q+1. The molecule has 0 aliphatic heterocycles. The molecule has 1 heterocycles. The lowest BCUT2D eigenvalue weighted by Crippen LogP contribution is -2.45. The van der Waals surface area contributed by atoms with Crippen molar-refractivity contribution in [3.05, 3.63) is 72.9 Å². The number of carbonyl (C=O) groups excluding carboxylic acids is 1. The van der Waals surface area contributed by atoms with Gasteiger partial charge >= 0.3 is 6.09 Å². The zero-order chi connectivity index (χ0) is 13.1. The number of benzene rings is 2. The molecule has 0 atom stereocenters. The van der Waals surface area contributed by atoms with Crippen LogP contribution in [0.5, 0.6) is 5.75 Å². The van der Waals surface area contributed by atoms with Gasteiger partial charge in [-0.25, -0.2) is 0 Å². The second kappa shape index (κ2) is 4.90. The number of nitrogens with zero attached hydrogens (tertiary/aromatic N) is 1. The van der Waals surface area contributed by atoms with E-state index in [1.54, 1.807) is 18.3 Å². The molecule has 0 bridgehead atoms. The molecule has 2 aromatic carbocycles. The van der Waals surface area contributed by atoms with Gasteiger partial charge in [0.15, 0.2) is 6.20 Å². The summed E-state index contributed by atoms with van der Waals surface area (Å²) >= 11 is 0. The number of hydrogen-bond acceptors (Lipinski definition) is 2. The van der Waals surface area contributed by atoms with Crippen molar-refractivity contribution in [3.8, 4) is 5.75 Å². The first-order valence-corrected chi connectivity index (χ1v) is 6.01. The van der Waals surface area contributed by atoms with Gasteiger partial charge in [-0.15, -0.1) is 0 Å². The Morgan fingerprint density at radius 3 is 2.37 bits per heavy atom. The molecule has 0 aliphatic carbocycles. The molecule has 0 unspecified atom stereocenters. The van der Waals surface area contributed by atoms with Gasteiger partial charge in [-0.05, 0) is 24.3 Å². The van der Waals surface area contributed by atoms with E-state index in [0.717, 1.165) is 10.9 Å². The zero-order valence-corrected chi connectivity index (χ0v) is 10.2. The predicted molar refractivity (Wildman–Crippen MR) is 72.0 cm³/mol. The monoisotopic (exact) mass is 250 g/mol. The van der Waals surface area contributed by atoms with Crippen molar-refractivity contribution in [2.24, 2.45) is 0 Å². The molecule has 1 aromatic heterocycles. The Kier molecular flexibility index (Phi) is 2.94. The van der Waals surface area contributed by atoms with Crippen LogP contribution in [-0.4, -0.2) is 6.09 Å². The minimum absolute atomic E-state index is 0.414. The minimum Gasteiger partial charge on any atom is -0.372 e. The number of carbonyl (C=O) groups is 1. The lowest BCUT2D eigenvalue weighted by molar-refractivity contribution is -0.554. The highest BCUT2D eigenvalue weighted by Crippen LogP contribution is 2.10. The molecule has 0 spiro atoms. The van der Waals surface area contributed by atoms with E-state index in [-0.39, 0.29) is 0 Å². The maximum atomic E-state index is 12.2. The van der Waals surface area contributed by atoms with Crippen molar-refractivity contribution in [1.29, 1.82) is 0 Å². The van der Waals surface area contributed by atoms with Crippen LogP contribution in [-0.2, 0) is 0 Å². The maximum absolute atomic E-state index is 12.2. The molecule has 0 radical (unpaired) electrons. The molecule has 0 aliphatic rings. The summed E-state index contributed by atoms with van der Waals surface area (Å²) in [4.78, 5) is 12.2. The number of para-hydroxylation sites is 2. The van der Waals surface area contributed by atoms with Gasteiger partial charge in [0.25, 0.3) is 0 Å². The van der Waals surface area contributed by atoms with Gasteiger partial charge < -0.3 is 4.74 Å². The van der Waals surface area contributed by atoms with Crippen LogP contribution in [0.25, 0.3) is 10.9 Å². The first kappa shape index (κ1) is 11.4. The van der Waals surface area contributed by atoms with E-state index in [1.165, 1.54) is 4.57 Å². The van der Waals surface area contributed by atoms with Gasteiger partial charge in [-0.2, -0.15) is 4.79 Å². The molecule has 92 valence electrons. The van der Waals surface area contributed by atoms with Gasteiger partial charge in [0.1, 0.15) is 5.75 Å². The first-order valence-electron chi connectivity index (χ1n) is 6.01. The number of ether oxygens (including phenoxy) is 1. The molecule has 0 saturated heterocycles. The van der Waals surface area contributed by atoms with Crippen LogP contribution in [0.15, 0.2) is 72.9 Å². The molecule has 3 heteroatoms. The largest absolute Gasteiger partial charge is 0.608 e. The molecule has 0 saturated carbocycles. The van der Waals surface area contributed by atoms with Crippen LogP contribution in [0.3, 0.4) is 0 Å². The zero-order valence-electron chi connectivity index (χ0n) is 10.2. The van der Waals surface area contributed by atoms with Crippen molar-refractivity contribution in [1.82, 2.24) is 0 Å². The first-order chi connectivity index (χ1) is 9.34. The van der Waals surface area contributed by atoms with Crippen LogP contribution in [0.4, 0.5) is 4.79 Å². The van der Waals surface area contributed by atoms with Crippen LogP contribution in [0, 0.1) is 0 Å². The Hall–Kier alpha value is -2.68. The van der Waals surface area contributed by atoms with E-state index in [4.69, 9.17) is 4.74 Å². The Morgan fingerprint density at radius 2 is 1.53 bits per heavy atom. The number of rotatable bonds is 1. The normalized spacial score (nSPS) is 10.3. The summed E-state index contributed by atoms with van der Waals surface area (Å²) in [6, 6.07) is 20.5. The third-order valence-corrected chi connectivity index (χ3v) is 2.85. The van der Waals surface area contributed by atoms with Crippen LogP contribution in [0.2, 0.25) is 0 Å². The van der Waals surface area contributed by atoms with Gasteiger partial charge in [0, 0.05) is 17.5 Å². The summed E-state index contributed by atoms with van der Waals surface area (Å²) in [6.07, 6.45) is 1.29. The lowest BCUT2D eigenvalue weighted by Gasteiger charge is -2.00. The highest BCUT2D eigenvalue weighted by Gasteiger charge is 2.20. The molecule has 0 N–H and O–H groups in total. The highest BCUT2D eigenvalue weighted by molar-refractivity contribution is 5.78. The summed E-state index contributed by atoms with van der Waals surface area (Å²) in [5, 5.41) is 0.995. The smallest absolute Gasteiger partial charge is 0.372 e. The number of aromatic nitrogens is 1. The highest BCUT2D eigenvalue weighted by atomic mass is 16.6. The van der Waals surface area contributed by atoms with Gasteiger partial charge in [-0.3, -0.25) is 0 Å². The Bertz CT molecular complexity index is 718.